The van der Waals surface area contributed by atoms with Gasteiger partial charge in [0.2, 0.25) is 0 Å². The Bertz CT molecular complexity index is 1670. The van der Waals surface area contributed by atoms with Crippen molar-refractivity contribution in [1.82, 2.24) is 0 Å². The second kappa shape index (κ2) is 8.87. The van der Waals surface area contributed by atoms with Gasteiger partial charge < -0.3 is 9.52 Å². The molecule has 0 fully saturated rings. The monoisotopic (exact) mass is 469 g/mol. The van der Waals surface area contributed by atoms with E-state index in [-0.39, 0.29) is 17.6 Å². The molecule has 0 radical (unpaired) electrons. The van der Waals surface area contributed by atoms with E-state index in [2.05, 4.69) is 42.5 Å². The third kappa shape index (κ3) is 3.76. The van der Waals surface area contributed by atoms with Crippen LogP contribution in [0, 0.1) is 11.3 Å². The molecule has 5 aromatic rings. The average Bonchev–Trinajstić information content (AvgIpc) is 2.93. The molecule has 0 bridgehead atoms. The van der Waals surface area contributed by atoms with Crippen molar-refractivity contribution in [1.29, 1.82) is 5.26 Å². The van der Waals surface area contributed by atoms with Crippen LogP contribution in [-0.2, 0) is 6.42 Å². The lowest BCUT2D eigenvalue weighted by molar-refractivity contribution is 0.437. The zero-order valence-corrected chi connectivity index (χ0v) is 19.5. The largest absolute Gasteiger partial charge is 0.507 e. The molecule has 0 spiro atoms. The zero-order valence-electron chi connectivity index (χ0n) is 19.5. The number of para-hydroxylation sites is 1. The van der Waals surface area contributed by atoms with Gasteiger partial charge >= 0.3 is 5.63 Å². The number of fused-ring (bicyclic) bond motifs is 2. The molecule has 36 heavy (non-hydrogen) atoms. The Labute approximate surface area is 208 Å². The van der Waals surface area contributed by atoms with Crippen LogP contribution in [0.3, 0.4) is 0 Å². The molecule has 4 nitrogen and oxygen atoms in total. The summed E-state index contributed by atoms with van der Waals surface area (Å²) in [5.74, 6) is -0.0670. The molecule has 1 aromatic heterocycles. The average molecular weight is 470 g/mol. The van der Waals surface area contributed by atoms with Gasteiger partial charge in [-0.2, -0.15) is 5.26 Å². The third-order valence-electron chi connectivity index (χ3n) is 7.31. The minimum Gasteiger partial charge on any atom is -0.507 e. The van der Waals surface area contributed by atoms with Crippen LogP contribution >= 0.6 is 0 Å². The number of benzene rings is 4. The third-order valence-corrected chi connectivity index (χ3v) is 7.31. The summed E-state index contributed by atoms with van der Waals surface area (Å²) >= 11 is 0. The van der Waals surface area contributed by atoms with Gasteiger partial charge in [-0.05, 0) is 70.8 Å². The van der Waals surface area contributed by atoms with Crippen LogP contribution < -0.4 is 5.63 Å². The highest BCUT2D eigenvalue weighted by atomic mass is 16.4. The number of hydrogen-bond donors (Lipinski definition) is 1. The normalized spacial score (nSPS) is 16.9. The number of aromatic hydroxyl groups is 1. The molecule has 1 aliphatic carbocycles. The van der Waals surface area contributed by atoms with Gasteiger partial charge in [-0.1, -0.05) is 72.8 Å². The van der Waals surface area contributed by atoms with Crippen LogP contribution in [-0.4, -0.2) is 5.11 Å². The second-order valence-corrected chi connectivity index (χ2v) is 9.35. The fraction of sp³-hybridized carbons (Fsp3) is 0.125. The topological polar surface area (TPSA) is 74.2 Å². The number of hydrogen-bond acceptors (Lipinski definition) is 4. The summed E-state index contributed by atoms with van der Waals surface area (Å²) in [6, 6.07) is 33.5. The van der Waals surface area contributed by atoms with Crippen molar-refractivity contribution in [3.63, 3.8) is 0 Å². The van der Waals surface area contributed by atoms with Crippen LogP contribution in [0.1, 0.15) is 46.1 Å². The Morgan fingerprint density at radius 1 is 0.833 bits per heavy atom. The van der Waals surface area contributed by atoms with Crippen molar-refractivity contribution >= 4 is 11.0 Å². The Morgan fingerprint density at radius 3 is 2.25 bits per heavy atom. The van der Waals surface area contributed by atoms with Gasteiger partial charge in [0.05, 0.1) is 22.6 Å². The lowest BCUT2D eigenvalue weighted by Crippen LogP contribution is -2.23. The Morgan fingerprint density at radius 2 is 1.50 bits per heavy atom. The van der Waals surface area contributed by atoms with Crippen LogP contribution in [0.2, 0.25) is 0 Å². The minimum absolute atomic E-state index is 0.0125. The number of nitriles is 1. The van der Waals surface area contributed by atoms with Crippen molar-refractivity contribution in [2.45, 2.75) is 24.7 Å². The van der Waals surface area contributed by atoms with E-state index in [9.17, 15) is 9.90 Å². The van der Waals surface area contributed by atoms with Crippen LogP contribution in [0.5, 0.6) is 5.75 Å². The van der Waals surface area contributed by atoms with Gasteiger partial charge in [0, 0.05) is 5.92 Å². The first kappa shape index (κ1) is 21.9. The molecule has 1 heterocycles. The first-order valence-electron chi connectivity index (χ1n) is 12.1. The summed E-state index contributed by atoms with van der Waals surface area (Å²) in [6.45, 7) is 0. The zero-order chi connectivity index (χ0) is 24.6. The molecule has 4 heteroatoms. The molecule has 0 amide bonds. The van der Waals surface area contributed by atoms with Gasteiger partial charge in [-0.15, -0.1) is 0 Å². The number of rotatable bonds is 3. The van der Waals surface area contributed by atoms with Crippen molar-refractivity contribution in [3.05, 3.63) is 135 Å². The Kier molecular flexibility index (Phi) is 5.39. The van der Waals surface area contributed by atoms with E-state index in [0.717, 1.165) is 23.1 Å². The van der Waals surface area contributed by atoms with E-state index in [1.807, 2.05) is 42.5 Å². The maximum Gasteiger partial charge on any atom is 0.343 e. The standard InChI is InChI=1S/C32H23NO3/c33-19-20-9-11-21(12-10-20)22-13-15-23(16-14-22)25-17-24-5-1-2-6-26(24)28(18-25)30-31(34)27-7-3-4-8-29(27)36-32(30)35/h1-16,25,28,34H,17-18H2/t25-,28+/m0/s1. The lowest BCUT2D eigenvalue weighted by atomic mass is 9.72. The molecular weight excluding hydrogens is 446 g/mol. The van der Waals surface area contributed by atoms with E-state index < -0.39 is 5.63 Å². The van der Waals surface area contributed by atoms with Crippen molar-refractivity contribution in [2.24, 2.45) is 0 Å². The van der Waals surface area contributed by atoms with Crippen LogP contribution in [0.15, 0.2) is 106 Å². The van der Waals surface area contributed by atoms with E-state index in [4.69, 9.17) is 9.68 Å². The highest BCUT2D eigenvalue weighted by Gasteiger charge is 2.33. The van der Waals surface area contributed by atoms with Crippen LogP contribution in [0.25, 0.3) is 22.1 Å². The molecule has 4 aromatic carbocycles. The molecule has 0 saturated carbocycles. The molecule has 174 valence electrons. The second-order valence-electron chi connectivity index (χ2n) is 9.35. The quantitative estimate of drug-likeness (QED) is 0.292. The Balaban J connectivity index is 1.39. The predicted molar refractivity (Wildman–Crippen MR) is 140 cm³/mol. The van der Waals surface area contributed by atoms with Gasteiger partial charge in [-0.25, -0.2) is 4.79 Å². The predicted octanol–water partition coefficient (Wildman–Crippen LogP) is 6.90. The van der Waals surface area contributed by atoms with E-state index >= 15 is 0 Å². The van der Waals surface area contributed by atoms with Crippen molar-refractivity contribution in [2.75, 3.05) is 0 Å². The summed E-state index contributed by atoms with van der Waals surface area (Å²) in [6.07, 6.45) is 1.56. The van der Waals surface area contributed by atoms with Crippen LogP contribution in [0.4, 0.5) is 0 Å². The lowest BCUT2D eigenvalue weighted by Gasteiger charge is -2.32. The highest BCUT2D eigenvalue weighted by Crippen LogP contribution is 2.45. The molecule has 6 rings (SSSR count). The van der Waals surface area contributed by atoms with Gasteiger partial charge in [0.1, 0.15) is 11.3 Å². The first-order chi connectivity index (χ1) is 17.6. The summed E-state index contributed by atoms with van der Waals surface area (Å²) in [5, 5.41) is 20.8. The fourth-order valence-electron chi connectivity index (χ4n) is 5.49. The van der Waals surface area contributed by atoms with Gasteiger partial charge in [0.25, 0.3) is 0 Å². The Hall–Kier alpha value is -4.62. The summed E-state index contributed by atoms with van der Waals surface area (Å²) in [5.41, 5.74) is 6.48. The maximum absolute atomic E-state index is 13.1. The smallest absolute Gasteiger partial charge is 0.343 e. The fourth-order valence-corrected chi connectivity index (χ4v) is 5.49. The molecule has 2 atom stereocenters. The first-order valence-corrected chi connectivity index (χ1v) is 12.1. The minimum atomic E-state index is -0.484. The molecular formula is C32H23NO3. The molecule has 0 unspecified atom stereocenters. The number of nitrogens with zero attached hydrogens (tertiary/aromatic N) is 1. The summed E-state index contributed by atoms with van der Waals surface area (Å²) < 4.78 is 5.63. The summed E-state index contributed by atoms with van der Waals surface area (Å²) in [7, 11) is 0. The van der Waals surface area contributed by atoms with Crippen molar-refractivity contribution in [3.8, 4) is 22.9 Å². The van der Waals surface area contributed by atoms with Gasteiger partial charge in [-0.3, -0.25) is 0 Å². The summed E-state index contributed by atoms with van der Waals surface area (Å²) in [4.78, 5) is 13.1. The molecule has 1 N–H and O–H groups in total. The molecule has 1 aliphatic rings. The van der Waals surface area contributed by atoms with E-state index in [0.29, 0.717) is 28.5 Å². The SMILES string of the molecule is N#Cc1ccc(-c2ccc([C@H]3Cc4ccccc4[C@H](c4c(O)c5ccccc5oc4=O)C3)cc2)cc1. The maximum atomic E-state index is 13.1. The van der Waals surface area contributed by atoms with Crippen molar-refractivity contribution < 1.29 is 9.52 Å². The molecule has 0 aliphatic heterocycles. The van der Waals surface area contributed by atoms with Gasteiger partial charge in [0.15, 0.2) is 0 Å². The van der Waals surface area contributed by atoms with E-state index in [1.54, 1.807) is 18.2 Å². The molecule has 0 saturated heterocycles. The van der Waals surface area contributed by atoms with E-state index in [1.165, 1.54) is 11.1 Å². The highest BCUT2D eigenvalue weighted by molar-refractivity contribution is 5.84.